The molecule has 26 heavy (non-hydrogen) atoms. The van der Waals surface area contributed by atoms with Crippen LogP contribution in [0.1, 0.15) is 67.3 Å². The molecule has 2 fully saturated rings. The van der Waals surface area contributed by atoms with Crippen LogP contribution in [0, 0.1) is 11.3 Å². The van der Waals surface area contributed by atoms with Gasteiger partial charge in [0, 0.05) is 23.9 Å². The molecule has 2 aromatic rings. The maximum Gasteiger partial charge on any atom is 0.114 e. The molecule has 0 bridgehead atoms. The van der Waals surface area contributed by atoms with Gasteiger partial charge in [-0.15, -0.1) is 11.8 Å². The Morgan fingerprint density at radius 2 is 1.85 bits per heavy atom. The van der Waals surface area contributed by atoms with Crippen LogP contribution < -0.4 is 5.73 Å². The van der Waals surface area contributed by atoms with Gasteiger partial charge in [-0.3, -0.25) is 4.98 Å². The van der Waals surface area contributed by atoms with Gasteiger partial charge in [0.15, 0.2) is 0 Å². The van der Waals surface area contributed by atoms with Crippen LogP contribution in [0.4, 0.5) is 0 Å². The second-order valence-electron chi connectivity index (χ2n) is 8.52. The molecule has 0 aliphatic heterocycles. The van der Waals surface area contributed by atoms with Crippen LogP contribution in [0.2, 0.25) is 0 Å². The van der Waals surface area contributed by atoms with Crippen molar-refractivity contribution in [1.29, 1.82) is 0 Å². The lowest BCUT2D eigenvalue weighted by Gasteiger charge is -2.40. The Kier molecular flexibility index (Phi) is 4.29. The fraction of sp³-hybridized carbons (Fsp3) is 0.545. The van der Waals surface area contributed by atoms with E-state index in [1.807, 2.05) is 24.2 Å². The van der Waals surface area contributed by atoms with Gasteiger partial charge in [-0.25, -0.2) is 4.98 Å². The largest absolute Gasteiger partial charge is 0.323 e. The summed E-state index contributed by atoms with van der Waals surface area (Å²) in [6, 6.07) is 8.96. The molecule has 2 N–H and O–H groups in total. The number of benzene rings is 1. The molecule has 1 aromatic heterocycles. The van der Waals surface area contributed by atoms with E-state index in [9.17, 15) is 0 Å². The average Bonchev–Trinajstić information content (AvgIpc) is 3.48. The van der Waals surface area contributed by atoms with Crippen molar-refractivity contribution >= 4 is 11.8 Å². The SMILES string of the molecule is NC1c2ccccc2C[C@]12CC[C@@H](c1cnc(SCC3CC3)cn1)CC2. The lowest BCUT2D eigenvalue weighted by molar-refractivity contribution is 0.148. The van der Waals surface area contributed by atoms with Gasteiger partial charge in [-0.05, 0) is 67.4 Å². The van der Waals surface area contributed by atoms with Crippen molar-refractivity contribution in [2.45, 2.75) is 61.9 Å². The zero-order chi connectivity index (χ0) is 17.6. The van der Waals surface area contributed by atoms with Crippen molar-refractivity contribution in [1.82, 2.24) is 9.97 Å². The predicted octanol–water partition coefficient (Wildman–Crippen LogP) is 4.88. The number of rotatable bonds is 4. The molecule has 2 saturated carbocycles. The van der Waals surface area contributed by atoms with Crippen LogP contribution in [0.3, 0.4) is 0 Å². The molecule has 3 nitrogen and oxygen atoms in total. The van der Waals surface area contributed by atoms with E-state index in [2.05, 4.69) is 29.2 Å². The van der Waals surface area contributed by atoms with Crippen molar-refractivity contribution < 1.29 is 0 Å². The molecule has 1 spiro atoms. The smallest absolute Gasteiger partial charge is 0.114 e. The van der Waals surface area contributed by atoms with Gasteiger partial charge >= 0.3 is 0 Å². The van der Waals surface area contributed by atoms with Crippen molar-refractivity contribution in [2.24, 2.45) is 17.1 Å². The van der Waals surface area contributed by atoms with Gasteiger partial charge < -0.3 is 5.73 Å². The van der Waals surface area contributed by atoms with Gasteiger partial charge in [0.2, 0.25) is 0 Å². The van der Waals surface area contributed by atoms with Crippen molar-refractivity contribution in [2.75, 3.05) is 5.75 Å². The van der Waals surface area contributed by atoms with Gasteiger partial charge in [0.1, 0.15) is 5.03 Å². The molecule has 0 amide bonds. The highest BCUT2D eigenvalue weighted by atomic mass is 32.2. The molecule has 1 heterocycles. The Labute approximate surface area is 160 Å². The van der Waals surface area contributed by atoms with Gasteiger partial charge in [0.05, 0.1) is 11.9 Å². The summed E-state index contributed by atoms with van der Waals surface area (Å²) in [7, 11) is 0. The van der Waals surface area contributed by atoms with E-state index >= 15 is 0 Å². The molecule has 1 atom stereocenters. The molecular formula is C22H27N3S. The highest BCUT2D eigenvalue weighted by molar-refractivity contribution is 7.99. The van der Waals surface area contributed by atoms with Crippen molar-refractivity contribution in [3.8, 4) is 0 Å². The van der Waals surface area contributed by atoms with E-state index in [0.717, 1.165) is 17.4 Å². The summed E-state index contributed by atoms with van der Waals surface area (Å²) in [6.45, 7) is 0. The zero-order valence-corrected chi connectivity index (χ0v) is 16.0. The molecule has 0 saturated heterocycles. The number of hydrogen-bond acceptors (Lipinski definition) is 4. The summed E-state index contributed by atoms with van der Waals surface area (Å²) in [5.41, 5.74) is 11.0. The first-order valence-corrected chi connectivity index (χ1v) is 11.0. The summed E-state index contributed by atoms with van der Waals surface area (Å²) < 4.78 is 0. The number of nitrogens with two attached hydrogens (primary N) is 1. The Hall–Kier alpha value is -1.39. The van der Waals surface area contributed by atoms with E-state index in [0.29, 0.717) is 5.92 Å². The summed E-state index contributed by atoms with van der Waals surface area (Å²) >= 11 is 1.86. The fourth-order valence-electron chi connectivity index (χ4n) is 4.89. The zero-order valence-electron chi connectivity index (χ0n) is 15.2. The average molecular weight is 366 g/mol. The van der Waals surface area contributed by atoms with E-state index < -0.39 is 0 Å². The first kappa shape index (κ1) is 16.8. The number of fused-ring (bicyclic) bond motifs is 1. The molecule has 3 aliphatic rings. The Morgan fingerprint density at radius 1 is 1.04 bits per heavy atom. The normalized spacial score (nSPS) is 30.5. The second-order valence-corrected chi connectivity index (χ2v) is 9.56. The van der Waals surface area contributed by atoms with E-state index in [4.69, 9.17) is 10.7 Å². The lowest BCUT2D eigenvalue weighted by atomic mass is 9.66. The van der Waals surface area contributed by atoms with Crippen LogP contribution in [-0.2, 0) is 6.42 Å². The molecular weight excluding hydrogens is 338 g/mol. The number of hydrogen-bond donors (Lipinski definition) is 1. The van der Waals surface area contributed by atoms with E-state index in [-0.39, 0.29) is 11.5 Å². The minimum Gasteiger partial charge on any atom is -0.323 e. The minimum atomic E-state index is 0.201. The third-order valence-electron chi connectivity index (χ3n) is 6.80. The fourth-order valence-corrected chi connectivity index (χ4v) is 5.89. The topological polar surface area (TPSA) is 51.8 Å². The summed E-state index contributed by atoms with van der Waals surface area (Å²) in [5.74, 6) is 2.68. The number of nitrogens with zero attached hydrogens (tertiary/aromatic N) is 2. The first-order chi connectivity index (χ1) is 12.7. The summed E-state index contributed by atoms with van der Waals surface area (Å²) in [6.07, 6.45) is 12.7. The molecule has 0 radical (unpaired) electrons. The molecule has 4 heteroatoms. The summed E-state index contributed by atoms with van der Waals surface area (Å²) in [5, 5.41) is 1.08. The Balaban J connectivity index is 1.23. The number of thioether (sulfide) groups is 1. The second kappa shape index (κ2) is 6.65. The molecule has 136 valence electrons. The molecule has 3 aliphatic carbocycles. The maximum absolute atomic E-state index is 6.69. The van der Waals surface area contributed by atoms with Crippen LogP contribution in [0.15, 0.2) is 41.7 Å². The van der Waals surface area contributed by atoms with Crippen molar-refractivity contribution in [3.05, 3.63) is 53.5 Å². The summed E-state index contributed by atoms with van der Waals surface area (Å²) in [4.78, 5) is 9.43. The van der Waals surface area contributed by atoms with Crippen LogP contribution in [0.25, 0.3) is 0 Å². The first-order valence-electron chi connectivity index (χ1n) is 10.0. The highest BCUT2D eigenvalue weighted by Crippen LogP contribution is 2.55. The van der Waals surface area contributed by atoms with E-state index in [1.165, 1.54) is 61.1 Å². The third kappa shape index (κ3) is 3.07. The standard InChI is InChI=1S/C22H27N3S/c23-21-18-4-2-1-3-17(18)11-22(21)9-7-16(8-10-22)19-12-25-20(13-24-19)26-14-15-5-6-15/h1-4,12-13,15-16,21H,5-11,14,23H2/t16-,21?,22-. The lowest BCUT2D eigenvalue weighted by Crippen LogP contribution is -2.35. The molecule has 1 unspecified atom stereocenters. The van der Waals surface area contributed by atoms with E-state index in [1.54, 1.807) is 0 Å². The van der Waals surface area contributed by atoms with Crippen LogP contribution >= 0.6 is 11.8 Å². The van der Waals surface area contributed by atoms with Gasteiger partial charge in [0.25, 0.3) is 0 Å². The minimum absolute atomic E-state index is 0.201. The predicted molar refractivity (Wildman–Crippen MR) is 106 cm³/mol. The van der Waals surface area contributed by atoms with Gasteiger partial charge in [-0.1, -0.05) is 24.3 Å². The third-order valence-corrected chi connectivity index (χ3v) is 7.95. The van der Waals surface area contributed by atoms with Crippen LogP contribution in [-0.4, -0.2) is 15.7 Å². The Bertz CT molecular complexity index is 776. The number of aromatic nitrogens is 2. The van der Waals surface area contributed by atoms with Crippen molar-refractivity contribution in [3.63, 3.8) is 0 Å². The van der Waals surface area contributed by atoms with Gasteiger partial charge in [-0.2, -0.15) is 0 Å². The quantitative estimate of drug-likeness (QED) is 0.785. The molecule has 1 aromatic carbocycles. The highest BCUT2D eigenvalue weighted by Gasteiger charge is 2.46. The monoisotopic (exact) mass is 365 g/mol. The maximum atomic E-state index is 6.69. The molecule has 5 rings (SSSR count). The Morgan fingerprint density at radius 3 is 2.54 bits per heavy atom. The van der Waals surface area contributed by atoms with Crippen LogP contribution in [0.5, 0.6) is 0 Å².